The number of rotatable bonds is 8. The van der Waals surface area contributed by atoms with E-state index in [1.54, 1.807) is 0 Å². The van der Waals surface area contributed by atoms with Crippen LogP contribution in [0.3, 0.4) is 0 Å². The number of ether oxygens (including phenoxy) is 1. The number of carbonyl (C=O) groups excluding carboxylic acids is 1. The highest BCUT2D eigenvalue weighted by molar-refractivity contribution is 5.92. The molecule has 1 aliphatic rings. The zero-order valence-corrected chi connectivity index (χ0v) is 12.9. The number of piperidine rings is 1. The summed E-state index contributed by atoms with van der Waals surface area (Å²) in [6, 6.07) is 4.31. The standard InChI is InChI=1S/C16H27N3O2/c1-2-12-21-13-4-8-18-16(20)15-5-3-11-19(15)14-6-9-17-10-7-14/h3,5,11,14,17H,2,4,6-10,12-13H2,1H3,(H,18,20). The van der Waals surface area contributed by atoms with Gasteiger partial charge in [-0.2, -0.15) is 0 Å². The molecule has 0 unspecified atom stereocenters. The first-order chi connectivity index (χ1) is 10.3. The van der Waals surface area contributed by atoms with E-state index in [0.29, 0.717) is 19.2 Å². The maximum atomic E-state index is 12.3. The summed E-state index contributed by atoms with van der Waals surface area (Å²) in [5.41, 5.74) is 0.774. The highest BCUT2D eigenvalue weighted by Crippen LogP contribution is 2.21. The summed E-state index contributed by atoms with van der Waals surface area (Å²) in [7, 11) is 0. The third-order valence-electron chi connectivity index (χ3n) is 3.81. The molecule has 0 aromatic carbocycles. The number of carbonyl (C=O) groups is 1. The molecule has 0 radical (unpaired) electrons. The van der Waals surface area contributed by atoms with E-state index in [1.807, 2.05) is 18.3 Å². The average molecular weight is 293 g/mol. The van der Waals surface area contributed by atoms with Crippen molar-refractivity contribution < 1.29 is 9.53 Å². The van der Waals surface area contributed by atoms with E-state index in [2.05, 4.69) is 22.1 Å². The van der Waals surface area contributed by atoms with Gasteiger partial charge in [0.25, 0.3) is 5.91 Å². The zero-order chi connectivity index (χ0) is 14.9. The smallest absolute Gasteiger partial charge is 0.267 e. The van der Waals surface area contributed by atoms with Crippen LogP contribution in [0.25, 0.3) is 0 Å². The lowest BCUT2D eigenvalue weighted by atomic mass is 10.1. The average Bonchev–Trinajstić information content (AvgIpc) is 3.01. The van der Waals surface area contributed by atoms with Gasteiger partial charge < -0.3 is 19.9 Å². The van der Waals surface area contributed by atoms with Crippen LogP contribution in [0.1, 0.15) is 49.1 Å². The Labute approximate surface area is 127 Å². The Morgan fingerprint density at radius 2 is 2.24 bits per heavy atom. The van der Waals surface area contributed by atoms with Crippen molar-refractivity contribution >= 4 is 5.91 Å². The predicted octanol–water partition coefficient (Wildman–Crippen LogP) is 1.96. The molecule has 1 aromatic rings. The number of hydrogen-bond acceptors (Lipinski definition) is 3. The third kappa shape index (κ3) is 4.86. The molecule has 2 N–H and O–H groups in total. The molecule has 1 aliphatic heterocycles. The number of nitrogens with one attached hydrogen (secondary N) is 2. The van der Waals surface area contributed by atoms with Crippen LogP contribution in [0.4, 0.5) is 0 Å². The van der Waals surface area contributed by atoms with E-state index in [4.69, 9.17) is 4.74 Å². The van der Waals surface area contributed by atoms with Crippen LogP contribution >= 0.6 is 0 Å². The monoisotopic (exact) mass is 293 g/mol. The second-order valence-electron chi connectivity index (χ2n) is 5.50. The van der Waals surface area contributed by atoms with E-state index < -0.39 is 0 Å². The maximum Gasteiger partial charge on any atom is 0.267 e. The fourth-order valence-corrected chi connectivity index (χ4v) is 2.70. The van der Waals surface area contributed by atoms with Crippen molar-refractivity contribution in [2.24, 2.45) is 0 Å². The van der Waals surface area contributed by atoms with Crippen molar-refractivity contribution in [3.05, 3.63) is 24.0 Å². The summed E-state index contributed by atoms with van der Waals surface area (Å²) in [6.07, 6.45) is 6.09. The van der Waals surface area contributed by atoms with Crippen molar-refractivity contribution in [1.82, 2.24) is 15.2 Å². The Morgan fingerprint density at radius 3 is 3.00 bits per heavy atom. The minimum absolute atomic E-state index is 0.0222. The Balaban J connectivity index is 1.78. The molecule has 5 nitrogen and oxygen atoms in total. The van der Waals surface area contributed by atoms with E-state index in [9.17, 15) is 4.79 Å². The molecule has 0 atom stereocenters. The molecule has 1 fully saturated rings. The van der Waals surface area contributed by atoms with Crippen molar-refractivity contribution in [1.29, 1.82) is 0 Å². The number of aromatic nitrogens is 1. The second kappa shape index (κ2) is 8.85. The molecule has 2 rings (SSSR count). The normalized spacial score (nSPS) is 16.0. The van der Waals surface area contributed by atoms with Crippen molar-refractivity contribution in [2.75, 3.05) is 32.8 Å². The maximum absolute atomic E-state index is 12.3. The molecule has 21 heavy (non-hydrogen) atoms. The molecule has 0 aliphatic carbocycles. The van der Waals surface area contributed by atoms with Gasteiger partial charge in [-0.15, -0.1) is 0 Å². The van der Waals surface area contributed by atoms with Crippen LogP contribution < -0.4 is 10.6 Å². The highest BCUT2D eigenvalue weighted by atomic mass is 16.5. The van der Waals surface area contributed by atoms with Crippen molar-refractivity contribution in [2.45, 2.75) is 38.6 Å². The minimum Gasteiger partial charge on any atom is -0.381 e. The Morgan fingerprint density at radius 1 is 1.43 bits per heavy atom. The van der Waals surface area contributed by atoms with Gasteiger partial charge in [-0.1, -0.05) is 6.92 Å². The predicted molar refractivity (Wildman–Crippen MR) is 83.6 cm³/mol. The summed E-state index contributed by atoms with van der Waals surface area (Å²) < 4.78 is 7.54. The molecule has 1 saturated heterocycles. The molecule has 2 heterocycles. The van der Waals surface area contributed by atoms with Gasteiger partial charge in [0, 0.05) is 32.0 Å². The second-order valence-corrected chi connectivity index (χ2v) is 5.50. The van der Waals surface area contributed by atoms with Crippen LogP contribution in [0.2, 0.25) is 0 Å². The van der Waals surface area contributed by atoms with Gasteiger partial charge in [0.15, 0.2) is 0 Å². The van der Waals surface area contributed by atoms with Gasteiger partial charge in [-0.05, 0) is 50.9 Å². The topological polar surface area (TPSA) is 55.3 Å². The first kappa shape index (κ1) is 16.0. The van der Waals surface area contributed by atoms with Crippen molar-refractivity contribution in [3.8, 4) is 0 Å². The summed E-state index contributed by atoms with van der Waals surface area (Å²) in [5, 5.41) is 6.34. The van der Waals surface area contributed by atoms with Crippen LogP contribution in [0.15, 0.2) is 18.3 Å². The van der Waals surface area contributed by atoms with Crippen LogP contribution in [0, 0.1) is 0 Å². The third-order valence-corrected chi connectivity index (χ3v) is 3.81. The number of nitrogens with zero attached hydrogens (tertiary/aromatic N) is 1. The molecule has 5 heteroatoms. The summed E-state index contributed by atoms with van der Waals surface area (Å²) >= 11 is 0. The lowest BCUT2D eigenvalue weighted by molar-refractivity contribution is 0.0929. The SMILES string of the molecule is CCCOCCCNC(=O)c1cccn1C1CCNCC1. The largest absolute Gasteiger partial charge is 0.381 e. The molecule has 0 spiro atoms. The Kier molecular flexibility index (Phi) is 6.76. The lowest BCUT2D eigenvalue weighted by Gasteiger charge is -2.25. The zero-order valence-electron chi connectivity index (χ0n) is 12.9. The fourth-order valence-electron chi connectivity index (χ4n) is 2.70. The van der Waals surface area contributed by atoms with Gasteiger partial charge in [0.2, 0.25) is 0 Å². The number of hydrogen-bond donors (Lipinski definition) is 2. The molecule has 1 amide bonds. The first-order valence-corrected chi connectivity index (χ1v) is 8.06. The molecule has 0 bridgehead atoms. The molecular weight excluding hydrogens is 266 g/mol. The van der Waals surface area contributed by atoms with Crippen molar-refractivity contribution in [3.63, 3.8) is 0 Å². The van der Waals surface area contributed by atoms with E-state index in [1.165, 1.54) is 0 Å². The van der Waals surface area contributed by atoms with Gasteiger partial charge in [-0.25, -0.2) is 0 Å². The fraction of sp³-hybridized carbons (Fsp3) is 0.688. The summed E-state index contributed by atoms with van der Waals surface area (Å²) in [4.78, 5) is 12.3. The number of amides is 1. The highest BCUT2D eigenvalue weighted by Gasteiger charge is 2.19. The van der Waals surface area contributed by atoms with Gasteiger partial charge in [-0.3, -0.25) is 4.79 Å². The lowest BCUT2D eigenvalue weighted by Crippen LogP contribution is -2.32. The summed E-state index contributed by atoms with van der Waals surface area (Å²) in [5.74, 6) is 0.0222. The van der Waals surface area contributed by atoms with Gasteiger partial charge in [0.05, 0.1) is 0 Å². The molecular formula is C16H27N3O2. The summed E-state index contributed by atoms with van der Waals surface area (Å²) in [6.45, 7) is 6.32. The van der Waals surface area contributed by atoms with E-state index in [-0.39, 0.29) is 5.91 Å². The van der Waals surface area contributed by atoms with Crippen LogP contribution in [0.5, 0.6) is 0 Å². The van der Waals surface area contributed by atoms with Crippen LogP contribution in [-0.4, -0.2) is 43.3 Å². The Hall–Kier alpha value is -1.33. The minimum atomic E-state index is 0.0222. The molecule has 1 aromatic heterocycles. The van der Waals surface area contributed by atoms with E-state index >= 15 is 0 Å². The van der Waals surface area contributed by atoms with Gasteiger partial charge >= 0.3 is 0 Å². The molecule has 0 saturated carbocycles. The van der Waals surface area contributed by atoms with Gasteiger partial charge in [0.1, 0.15) is 5.69 Å². The first-order valence-electron chi connectivity index (χ1n) is 8.06. The quantitative estimate of drug-likeness (QED) is 0.720. The van der Waals surface area contributed by atoms with E-state index in [0.717, 1.165) is 51.1 Å². The van der Waals surface area contributed by atoms with Crippen LogP contribution in [-0.2, 0) is 4.74 Å². The molecule has 118 valence electrons. The Bertz CT molecular complexity index is 425.